The smallest absolute Gasteiger partial charge is 0.335 e. The van der Waals surface area contributed by atoms with Crippen molar-refractivity contribution >= 4 is 29.5 Å². The SMILES string of the molecule is C=CC(=O)Oc1ccc(C=Cc2ccc3c(c2)C2CCCC2N3c2ccc(F)cc2)cc1. The van der Waals surface area contributed by atoms with Gasteiger partial charge in [0.25, 0.3) is 0 Å². The van der Waals surface area contributed by atoms with Gasteiger partial charge in [0.2, 0.25) is 0 Å². The molecule has 0 radical (unpaired) electrons. The van der Waals surface area contributed by atoms with Crippen LogP contribution in [0.4, 0.5) is 15.8 Å². The lowest BCUT2D eigenvalue weighted by atomic mass is 9.95. The van der Waals surface area contributed by atoms with E-state index < -0.39 is 5.97 Å². The third-order valence-electron chi connectivity index (χ3n) is 6.36. The van der Waals surface area contributed by atoms with Crippen LogP contribution in [0.5, 0.6) is 5.75 Å². The van der Waals surface area contributed by atoms with E-state index in [9.17, 15) is 9.18 Å². The summed E-state index contributed by atoms with van der Waals surface area (Å²) in [6, 6.07) is 21.3. The first-order chi connectivity index (χ1) is 15.6. The molecule has 1 saturated carbocycles. The standard InChI is InChI=1S/C28H24FNO2/c1-2-28(31)32-23-15-8-19(9-16-23)6-7-20-10-17-27-25(18-20)24-4-3-5-26(24)30(27)22-13-11-21(29)12-14-22/h2,6-18,24,26H,1,3-5H2. The highest BCUT2D eigenvalue weighted by atomic mass is 19.1. The molecule has 2 aliphatic rings. The molecule has 32 heavy (non-hydrogen) atoms. The van der Waals surface area contributed by atoms with Crippen molar-refractivity contribution in [1.29, 1.82) is 0 Å². The number of nitrogens with zero attached hydrogens (tertiary/aromatic N) is 1. The van der Waals surface area contributed by atoms with Gasteiger partial charge in [-0.2, -0.15) is 0 Å². The van der Waals surface area contributed by atoms with Gasteiger partial charge in [-0.1, -0.05) is 43.4 Å². The van der Waals surface area contributed by atoms with E-state index in [-0.39, 0.29) is 5.82 Å². The average Bonchev–Trinajstić information content (AvgIpc) is 3.40. The molecule has 2 unspecified atom stereocenters. The van der Waals surface area contributed by atoms with Crippen molar-refractivity contribution in [2.24, 2.45) is 0 Å². The van der Waals surface area contributed by atoms with E-state index in [4.69, 9.17) is 4.74 Å². The lowest BCUT2D eigenvalue weighted by molar-refractivity contribution is -0.128. The van der Waals surface area contributed by atoms with Crippen LogP contribution in [0.3, 0.4) is 0 Å². The van der Waals surface area contributed by atoms with Crippen LogP contribution in [-0.4, -0.2) is 12.0 Å². The fourth-order valence-corrected chi connectivity index (χ4v) is 4.91. The summed E-state index contributed by atoms with van der Waals surface area (Å²) in [5, 5.41) is 0. The van der Waals surface area contributed by atoms with Crippen molar-refractivity contribution < 1.29 is 13.9 Å². The molecule has 0 amide bonds. The molecule has 0 N–H and O–H groups in total. The highest BCUT2D eigenvalue weighted by Crippen LogP contribution is 2.52. The maximum atomic E-state index is 13.5. The zero-order chi connectivity index (χ0) is 22.1. The Balaban J connectivity index is 1.39. The topological polar surface area (TPSA) is 29.5 Å². The zero-order valence-electron chi connectivity index (χ0n) is 17.7. The van der Waals surface area contributed by atoms with Crippen LogP contribution in [0.25, 0.3) is 12.2 Å². The molecule has 3 nitrogen and oxygen atoms in total. The number of benzene rings is 3. The highest BCUT2D eigenvalue weighted by Gasteiger charge is 2.41. The predicted octanol–water partition coefficient (Wildman–Crippen LogP) is 6.88. The van der Waals surface area contributed by atoms with Crippen molar-refractivity contribution in [3.63, 3.8) is 0 Å². The summed E-state index contributed by atoms with van der Waals surface area (Å²) in [4.78, 5) is 13.7. The van der Waals surface area contributed by atoms with Gasteiger partial charge < -0.3 is 9.64 Å². The zero-order valence-corrected chi connectivity index (χ0v) is 17.7. The maximum absolute atomic E-state index is 13.5. The largest absolute Gasteiger partial charge is 0.423 e. The summed E-state index contributed by atoms with van der Waals surface area (Å²) >= 11 is 0. The molecule has 0 aromatic heterocycles. The molecule has 5 rings (SSSR count). The van der Waals surface area contributed by atoms with Crippen LogP contribution in [0.1, 0.15) is 41.9 Å². The van der Waals surface area contributed by atoms with Gasteiger partial charge in [-0.15, -0.1) is 0 Å². The van der Waals surface area contributed by atoms with Gasteiger partial charge in [-0.25, -0.2) is 9.18 Å². The number of ether oxygens (including phenoxy) is 1. The van der Waals surface area contributed by atoms with E-state index in [0.29, 0.717) is 17.7 Å². The Morgan fingerprint density at radius 2 is 1.69 bits per heavy atom. The number of rotatable bonds is 5. The molecule has 1 aliphatic heterocycles. The second-order valence-electron chi connectivity index (χ2n) is 8.30. The Labute approximate surface area is 187 Å². The Morgan fingerprint density at radius 1 is 0.969 bits per heavy atom. The van der Waals surface area contributed by atoms with Crippen LogP contribution in [-0.2, 0) is 4.79 Å². The Hall–Kier alpha value is -3.66. The first-order valence-corrected chi connectivity index (χ1v) is 10.9. The molecule has 0 saturated heterocycles. The number of hydrogen-bond donors (Lipinski definition) is 0. The van der Waals surface area contributed by atoms with Crippen LogP contribution in [0, 0.1) is 5.82 Å². The normalized spacial score (nSPS) is 19.1. The van der Waals surface area contributed by atoms with Crippen molar-refractivity contribution in [2.75, 3.05) is 4.90 Å². The van der Waals surface area contributed by atoms with Gasteiger partial charge >= 0.3 is 5.97 Å². The Bertz CT molecular complexity index is 1180. The van der Waals surface area contributed by atoms with Gasteiger partial charge in [0.1, 0.15) is 11.6 Å². The minimum atomic E-state index is -0.466. The molecule has 0 bridgehead atoms. The van der Waals surface area contributed by atoms with Gasteiger partial charge in [0.15, 0.2) is 0 Å². The summed E-state index contributed by atoms with van der Waals surface area (Å²) in [7, 11) is 0. The molecular weight excluding hydrogens is 401 g/mol. The second kappa shape index (κ2) is 8.46. The Morgan fingerprint density at radius 3 is 2.44 bits per heavy atom. The minimum Gasteiger partial charge on any atom is -0.423 e. The maximum Gasteiger partial charge on any atom is 0.335 e. The van der Waals surface area contributed by atoms with Crippen LogP contribution in [0.2, 0.25) is 0 Å². The van der Waals surface area contributed by atoms with Crippen molar-refractivity contribution in [1.82, 2.24) is 0 Å². The van der Waals surface area contributed by atoms with E-state index in [1.165, 1.54) is 36.2 Å². The van der Waals surface area contributed by atoms with Gasteiger partial charge in [-0.3, -0.25) is 0 Å². The van der Waals surface area contributed by atoms with Crippen molar-refractivity contribution in [3.05, 3.63) is 102 Å². The minimum absolute atomic E-state index is 0.205. The Kier molecular flexibility index (Phi) is 5.36. The first kappa shape index (κ1) is 20.3. The van der Waals surface area contributed by atoms with E-state index in [0.717, 1.165) is 29.3 Å². The van der Waals surface area contributed by atoms with Crippen molar-refractivity contribution in [2.45, 2.75) is 31.2 Å². The van der Waals surface area contributed by atoms with Crippen LogP contribution in [0.15, 0.2) is 79.4 Å². The lowest BCUT2D eigenvalue weighted by Crippen LogP contribution is -2.26. The lowest BCUT2D eigenvalue weighted by Gasteiger charge is -2.27. The summed E-state index contributed by atoms with van der Waals surface area (Å²) < 4.78 is 18.6. The number of halogens is 1. The number of esters is 1. The third-order valence-corrected chi connectivity index (χ3v) is 6.36. The quantitative estimate of drug-likeness (QED) is 0.193. The second-order valence-corrected chi connectivity index (χ2v) is 8.30. The molecule has 1 fully saturated rings. The molecule has 160 valence electrons. The third kappa shape index (κ3) is 3.84. The van der Waals surface area contributed by atoms with Gasteiger partial charge in [0, 0.05) is 29.4 Å². The molecular formula is C28H24FNO2. The molecule has 2 atom stereocenters. The first-order valence-electron chi connectivity index (χ1n) is 10.9. The van der Waals surface area contributed by atoms with Gasteiger partial charge in [-0.05, 0) is 78.1 Å². The van der Waals surface area contributed by atoms with E-state index in [1.807, 2.05) is 24.3 Å². The fraction of sp³-hybridized carbons (Fsp3) is 0.179. The summed E-state index contributed by atoms with van der Waals surface area (Å²) in [5.41, 5.74) is 5.85. The number of carbonyl (C=O) groups excluding carboxylic acids is 1. The number of hydrogen-bond acceptors (Lipinski definition) is 3. The number of fused-ring (bicyclic) bond motifs is 3. The molecule has 3 aromatic carbocycles. The molecule has 1 aliphatic carbocycles. The molecule has 3 aromatic rings. The monoisotopic (exact) mass is 425 g/mol. The highest BCUT2D eigenvalue weighted by molar-refractivity contribution is 5.83. The summed E-state index contributed by atoms with van der Waals surface area (Å²) in [6.07, 6.45) is 8.87. The van der Waals surface area contributed by atoms with Crippen LogP contribution >= 0.6 is 0 Å². The molecule has 0 spiro atoms. The van der Waals surface area contributed by atoms with Gasteiger partial charge in [0.05, 0.1) is 0 Å². The predicted molar refractivity (Wildman–Crippen MR) is 127 cm³/mol. The molecule has 4 heteroatoms. The average molecular weight is 426 g/mol. The summed E-state index contributed by atoms with van der Waals surface area (Å²) in [5.74, 6) is 0.342. The van der Waals surface area contributed by atoms with Crippen LogP contribution < -0.4 is 9.64 Å². The van der Waals surface area contributed by atoms with Crippen molar-refractivity contribution in [3.8, 4) is 5.75 Å². The summed E-state index contributed by atoms with van der Waals surface area (Å²) in [6.45, 7) is 3.40. The molecule has 1 heterocycles. The van der Waals surface area contributed by atoms with E-state index >= 15 is 0 Å². The van der Waals surface area contributed by atoms with E-state index in [1.54, 1.807) is 12.1 Å². The van der Waals surface area contributed by atoms with E-state index in [2.05, 4.69) is 41.8 Å². The number of carbonyl (C=O) groups is 1. The fourth-order valence-electron chi connectivity index (χ4n) is 4.91. The number of anilines is 2.